The first kappa shape index (κ1) is 12.8. The van der Waals surface area contributed by atoms with Gasteiger partial charge in [-0.05, 0) is 32.9 Å². The molecule has 0 aromatic heterocycles. The van der Waals surface area contributed by atoms with Crippen LogP contribution in [-0.4, -0.2) is 20.2 Å². The molecule has 0 heterocycles. The summed E-state index contributed by atoms with van der Waals surface area (Å²) in [6, 6.07) is 6.99. The van der Waals surface area contributed by atoms with Crippen LogP contribution >= 0.6 is 0 Å². The number of anilines is 2. The van der Waals surface area contributed by atoms with Crippen LogP contribution in [0.2, 0.25) is 0 Å². The van der Waals surface area contributed by atoms with Crippen molar-refractivity contribution in [3.05, 3.63) is 24.3 Å². The highest BCUT2D eigenvalue weighted by atomic mass is 32.2. The fourth-order valence-corrected chi connectivity index (χ4v) is 2.77. The van der Waals surface area contributed by atoms with E-state index in [1.165, 1.54) is 4.31 Å². The fourth-order valence-electron chi connectivity index (χ4n) is 1.46. The van der Waals surface area contributed by atoms with Gasteiger partial charge < -0.3 is 5.73 Å². The number of hydrogen-bond donors (Lipinski definition) is 1. The molecule has 0 spiro atoms. The highest BCUT2D eigenvalue weighted by Crippen LogP contribution is 2.26. The Kier molecular flexibility index (Phi) is 3.80. The number of hydrogen-bond acceptors (Lipinski definition) is 3. The van der Waals surface area contributed by atoms with Crippen molar-refractivity contribution in [3.63, 3.8) is 0 Å². The highest BCUT2D eigenvalue weighted by molar-refractivity contribution is 7.93. The lowest BCUT2D eigenvalue weighted by molar-refractivity contribution is 0.583. The monoisotopic (exact) mass is 242 g/mol. The molecule has 0 radical (unpaired) electrons. The molecule has 0 unspecified atom stereocenters. The maximum atomic E-state index is 12.1. The molecule has 0 aliphatic heterocycles. The van der Waals surface area contributed by atoms with Crippen molar-refractivity contribution in [1.82, 2.24) is 0 Å². The summed E-state index contributed by atoms with van der Waals surface area (Å²) in [6.07, 6.45) is 0. The van der Waals surface area contributed by atoms with Crippen molar-refractivity contribution in [2.45, 2.75) is 26.0 Å². The summed E-state index contributed by atoms with van der Waals surface area (Å²) < 4.78 is 25.5. The zero-order valence-corrected chi connectivity index (χ0v) is 10.7. The molecule has 0 atom stereocenters. The van der Waals surface area contributed by atoms with Gasteiger partial charge >= 0.3 is 0 Å². The van der Waals surface area contributed by atoms with Crippen LogP contribution in [0, 0.1) is 0 Å². The standard InChI is InChI=1S/C11H18N2O2S/c1-4-13(16(14,15)9(2)3)11-8-6-5-7-10(11)12/h5-9H,4,12H2,1-3H3. The van der Waals surface area contributed by atoms with E-state index in [-0.39, 0.29) is 0 Å². The first-order chi connectivity index (χ1) is 7.41. The first-order valence-corrected chi connectivity index (χ1v) is 6.77. The Hall–Kier alpha value is -1.23. The van der Waals surface area contributed by atoms with Gasteiger partial charge in [-0.2, -0.15) is 0 Å². The van der Waals surface area contributed by atoms with Gasteiger partial charge in [0.15, 0.2) is 0 Å². The second kappa shape index (κ2) is 4.74. The molecule has 0 saturated carbocycles. The second-order valence-electron chi connectivity index (χ2n) is 3.82. The van der Waals surface area contributed by atoms with E-state index in [0.29, 0.717) is 17.9 Å². The third-order valence-electron chi connectivity index (χ3n) is 2.40. The molecule has 0 amide bonds. The molecular formula is C11H18N2O2S. The van der Waals surface area contributed by atoms with Crippen molar-refractivity contribution in [2.75, 3.05) is 16.6 Å². The summed E-state index contributed by atoms with van der Waals surface area (Å²) in [5.41, 5.74) is 6.82. The Morgan fingerprint density at radius 2 is 1.88 bits per heavy atom. The average molecular weight is 242 g/mol. The second-order valence-corrected chi connectivity index (χ2v) is 6.23. The summed E-state index contributed by atoms with van der Waals surface area (Å²) >= 11 is 0. The molecule has 4 nitrogen and oxygen atoms in total. The predicted octanol–water partition coefficient (Wildman–Crippen LogP) is 1.83. The molecule has 1 rings (SSSR count). The van der Waals surface area contributed by atoms with Gasteiger partial charge in [-0.15, -0.1) is 0 Å². The maximum absolute atomic E-state index is 12.1. The lowest BCUT2D eigenvalue weighted by atomic mass is 10.3. The van der Waals surface area contributed by atoms with Crippen molar-refractivity contribution >= 4 is 21.4 Å². The van der Waals surface area contributed by atoms with Crippen LogP contribution in [0.4, 0.5) is 11.4 Å². The minimum Gasteiger partial charge on any atom is -0.397 e. The van der Waals surface area contributed by atoms with Gasteiger partial charge in [0.05, 0.1) is 16.6 Å². The molecule has 5 heteroatoms. The van der Waals surface area contributed by atoms with E-state index in [4.69, 9.17) is 5.73 Å². The number of nitrogens with zero attached hydrogens (tertiary/aromatic N) is 1. The first-order valence-electron chi connectivity index (χ1n) is 5.27. The number of sulfonamides is 1. The quantitative estimate of drug-likeness (QED) is 0.819. The zero-order chi connectivity index (χ0) is 12.3. The molecule has 0 fully saturated rings. The van der Waals surface area contributed by atoms with Crippen molar-refractivity contribution < 1.29 is 8.42 Å². The zero-order valence-electron chi connectivity index (χ0n) is 9.84. The van der Waals surface area contributed by atoms with Crippen LogP contribution in [0.5, 0.6) is 0 Å². The van der Waals surface area contributed by atoms with E-state index in [9.17, 15) is 8.42 Å². The van der Waals surface area contributed by atoms with Crippen LogP contribution in [0.25, 0.3) is 0 Å². The minimum absolute atomic E-state index is 0.384. The fraction of sp³-hybridized carbons (Fsp3) is 0.455. The van der Waals surface area contributed by atoms with Crippen LogP contribution < -0.4 is 10.0 Å². The minimum atomic E-state index is -3.31. The molecule has 1 aromatic carbocycles. The third-order valence-corrected chi connectivity index (χ3v) is 4.66. The van der Waals surface area contributed by atoms with Crippen molar-refractivity contribution in [2.24, 2.45) is 0 Å². The van der Waals surface area contributed by atoms with E-state index in [2.05, 4.69) is 0 Å². The van der Waals surface area contributed by atoms with E-state index < -0.39 is 15.3 Å². The lowest BCUT2D eigenvalue weighted by Gasteiger charge is -2.26. The number of benzene rings is 1. The van der Waals surface area contributed by atoms with Gasteiger partial charge in [0.1, 0.15) is 0 Å². The summed E-state index contributed by atoms with van der Waals surface area (Å²) in [7, 11) is -3.31. The molecule has 90 valence electrons. The topological polar surface area (TPSA) is 63.4 Å². The van der Waals surface area contributed by atoms with Crippen molar-refractivity contribution in [3.8, 4) is 0 Å². The van der Waals surface area contributed by atoms with Crippen LogP contribution in [0.15, 0.2) is 24.3 Å². The summed E-state index contributed by atoms with van der Waals surface area (Å²) in [5, 5.41) is -0.452. The summed E-state index contributed by atoms with van der Waals surface area (Å²) in [4.78, 5) is 0. The highest BCUT2D eigenvalue weighted by Gasteiger charge is 2.25. The van der Waals surface area contributed by atoms with Crippen LogP contribution in [-0.2, 0) is 10.0 Å². The van der Waals surface area contributed by atoms with Crippen LogP contribution in [0.3, 0.4) is 0 Å². The molecule has 0 bridgehead atoms. The van der Waals surface area contributed by atoms with Gasteiger partial charge in [0, 0.05) is 6.54 Å². The van der Waals surface area contributed by atoms with Gasteiger partial charge in [0.2, 0.25) is 10.0 Å². The molecule has 1 aromatic rings. The SMILES string of the molecule is CCN(c1ccccc1N)S(=O)(=O)C(C)C. The number of para-hydroxylation sites is 2. The van der Waals surface area contributed by atoms with Gasteiger partial charge in [-0.25, -0.2) is 8.42 Å². The van der Waals surface area contributed by atoms with E-state index in [0.717, 1.165) is 0 Å². The Morgan fingerprint density at radius 1 is 1.31 bits per heavy atom. The van der Waals surface area contributed by atoms with E-state index in [1.807, 2.05) is 0 Å². The molecule has 2 N–H and O–H groups in total. The normalized spacial score (nSPS) is 11.8. The van der Waals surface area contributed by atoms with Gasteiger partial charge in [-0.3, -0.25) is 4.31 Å². The molecular weight excluding hydrogens is 224 g/mol. The average Bonchev–Trinajstić information content (AvgIpc) is 2.21. The Balaban J connectivity index is 3.25. The Labute approximate surface area is 97.1 Å². The summed E-state index contributed by atoms with van der Waals surface area (Å²) in [6.45, 7) is 5.51. The van der Waals surface area contributed by atoms with Crippen molar-refractivity contribution in [1.29, 1.82) is 0 Å². The molecule has 0 aliphatic carbocycles. The van der Waals surface area contributed by atoms with Crippen LogP contribution in [0.1, 0.15) is 20.8 Å². The molecule has 0 saturated heterocycles. The number of nitrogens with two attached hydrogens (primary N) is 1. The lowest BCUT2D eigenvalue weighted by Crippen LogP contribution is -2.36. The molecule has 0 aliphatic rings. The number of rotatable bonds is 4. The smallest absolute Gasteiger partial charge is 0.237 e. The molecule has 16 heavy (non-hydrogen) atoms. The number of nitrogen functional groups attached to an aromatic ring is 1. The maximum Gasteiger partial charge on any atom is 0.237 e. The van der Waals surface area contributed by atoms with E-state index >= 15 is 0 Å². The third kappa shape index (κ3) is 2.29. The van der Waals surface area contributed by atoms with E-state index in [1.54, 1.807) is 45.0 Å². The summed E-state index contributed by atoms with van der Waals surface area (Å²) in [5.74, 6) is 0. The Morgan fingerprint density at radius 3 is 2.31 bits per heavy atom. The predicted molar refractivity (Wildman–Crippen MR) is 67.9 cm³/mol. The largest absolute Gasteiger partial charge is 0.397 e. The van der Waals surface area contributed by atoms with Gasteiger partial charge in [-0.1, -0.05) is 12.1 Å². The van der Waals surface area contributed by atoms with Gasteiger partial charge in [0.25, 0.3) is 0 Å². The Bertz CT molecular complexity index is 455.